The van der Waals surface area contributed by atoms with Gasteiger partial charge in [-0.3, -0.25) is 0 Å². The number of amides is 2. The highest BCUT2D eigenvalue weighted by Gasteiger charge is 2.36. The maximum absolute atomic E-state index is 12.6. The maximum atomic E-state index is 12.6. The topological polar surface area (TPSA) is 96.3 Å². The van der Waals surface area contributed by atoms with Crippen LogP contribution >= 0.6 is 0 Å². The van der Waals surface area contributed by atoms with E-state index in [2.05, 4.69) is 0 Å². The van der Waals surface area contributed by atoms with Gasteiger partial charge in [-0.05, 0) is 51.2 Å². The first-order valence-electron chi connectivity index (χ1n) is 10.7. The summed E-state index contributed by atoms with van der Waals surface area (Å²) in [6, 6.07) is 18.4. The van der Waals surface area contributed by atoms with E-state index in [1.54, 1.807) is 20.8 Å². The van der Waals surface area contributed by atoms with Crippen molar-refractivity contribution >= 4 is 12.2 Å². The second kappa shape index (κ2) is 11.6. The summed E-state index contributed by atoms with van der Waals surface area (Å²) in [5, 5.41) is 20.5. The molecule has 0 heterocycles. The molecule has 0 radical (unpaired) electrons. The van der Waals surface area contributed by atoms with Gasteiger partial charge in [0.2, 0.25) is 0 Å². The van der Waals surface area contributed by atoms with Gasteiger partial charge in [0.1, 0.15) is 13.2 Å². The number of benzene rings is 2. The fourth-order valence-corrected chi connectivity index (χ4v) is 2.90. The van der Waals surface area contributed by atoms with Crippen LogP contribution < -0.4 is 0 Å². The lowest BCUT2D eigenvalue weighted by Gasteiger charge is -2.35. The third-order valence-electron chi connectivity index (χ3n) is 5.46. The Balaban J connectivity index is 1.95. The molecule has 2 amide bonds. The minimum atomic E-state index is -1.29. The molecular weight excluding hydrogens is 410 g/mol. The standard InChI is InChI=1S/C25H33NO6/c1-24(2,29)25(3,30)16-10-11-17-26(22(27)31-18-20-12-6-4-7-13-20)23(28)32-19-21-14-8-5-9-15-21/h4-9,12-15,29-30H,10-11,16-19H2,1-3H3. The molecule has 2 aromatic rings. The van der Waals surface area contributed by atoms with E-state index in [0.717, 1.165) is 16.0 Å². The molecule has 0 aliphatic carbocycles. The van der Waals surface area contributed by atoms with Crippen LogP contribution in [0.3, 0.4) is 0 Å². The van der Waals surface area contributed by atoms with Gasteiger partial charge < -0.3 is 19.7 Å². The first kappa shape index (κ1) is 25.4. The smallest absolute Gasteiger partial charge is 0.419 e. The van der Waals surface area contributed by atoms with Gasteiger partial charge >= 0.3 is 12.2 Å². The monoisotopic (exact) mass is 443 g/mol. The van der Waals surface area contributed by atoms with E-state index in [-0.39, 0.29) is 19.8 Å². The average Bonchev–Trinajstić information content (AvgIpc) is 2.76. The molecule has 174 valence electrons. The first-order valence-corrected chi connectivity index (χ1v) is 10.7. The predicted octanol–water partition coefficient (Wildman–Crippen LogP) is 4.65. The van der Waals surface area contributed by atoms with Crippen LogP contribution in [0.4, 0.5) is 9.59 Å². The minimum Gasteiger partial charge on any atom is -0.444 e. The Morgan fingerprint density at radius 3 is 1.62 bits per heavy atom. The highest BCUT2D eigenvalue weighted by molar-refractivity contribution is 5.87. The van der Waals surface area contributed by atoms with Crippen molar-refractivity contribution in [1.29, 1.82) is 0 Å². The van der Waals surface area contributed by atoms with Gasteiger partial charge in [0, 0.05) is 6.54 Å². The van der Waals surface area contributed by atoms with Gasteiger partial charge in [0.25, 0.3) is 0 Å². The van der Waals surface area contributed by atoms with Crippen LogP contribution in [0.25, 0.3) is 0 Å². The van der Waals surface area contributed by atoms with Crippen LogP contribution in [0.2, 0.25) is 0 Å². The Hall–Kier alpha value is -2.90. The van der Waals surface area contributed by atoms with Crippen LogP contribution in [0.1, 0.15) is 51.2 Å². The predicted molar refractivity (Wildman–Crippen MR) is 121 cm³/mol. The lowest BCUT2D eigenvalue weighted by Crippen LogP contribution is -2.47. The number of unbranched alkanes of at least 4 members (excludes halogenated alkanes) is 1. The van der Waals surface area contributed by atoms with Gasteiger partial charge in [0.05, 0.1) is 11.2 Å². The molecule has 0 aromatic heterocycles. The average molecular weight is 444 g/mol. The number of imide groups is 1. The highest BCUT2D eigenvalue weighted by Crippen LogP contribution is 2.26. The molecule has 0 aliphatic rings. The third-order valence-corrected chi connectivity index (χ3v) is 5.46. The molecule has 0 saturated carbocycles. The molecule has 2 N–H and O–H groups in total. The van der Waals surface area contributed by atoms with Crippen molar-refractivity contribution < 1.29 is 29.3 Å². The Labute approximate surface area is 189 Å². The zero-order valence-corrected chi connectivity index (χ0v) is 19.0. The van der Waals surface area contributed by atoms with Gasteiger partial charge in [-0.25, -0.2) is 14.5 Å². The van der Waals surface area contributed by atoms with E-state index in [4.69, 9.17) is 9.47 Å². The number of ether oxygens (including phenoxy) is 2. The first-order chi connectivity index (χ1) is 15.1. The number of rotatable bonds is 10. The van der Waals surface area contributed by atoms with Crippen molar-refractivity contribution in [2.24, 2.45) is 0 Å². The number of carbonyl (C=O) groups is 2. The van der Waals surface area contributed by atoms with Crippen molar-refractivity contribution in [3.8, 4) is 0 Å². The number of aliphatic hydroxyl groups is 2. The molecule has 7 nitrogen and oxygen atoms in total. The summed E-state index contributed by atoms with van der Waals surface area (Å²) in [4.78, 5) is 26.2. The van der Waals surface area contributed by atoms with E-state index in [9.17, 15) is 19.8 Å². The second-order valence-electron chi connectivity index (χ2n) is 8.52. The van der Waals surface area contributed by atoms with E-state index in [1.165, 1.54) is 0 Å². The Bertz CT molecular complexity index is 790. The molecule has 2 rings (SSSR count). The Morgan fingerprint density at radius 1 is 0.781 bits per heavy atom. The number of hydrogen-bond acceptors (Lipinski definition) is 6. The molecule has 2 aromatic carbocycles. The largest absolute Gasteiger partial charge is 0.444 e. The molecule has 0 spiro atoms. The molecule has 1 unspecified atom stereocenters. The summed E-state index contributed by atoms with van der Waals surface area (Å²) < 4.78 is 10.6. The van der Waals surface area contributed by atoms with Gasteiger partial charge in [-0.1, -0.05) is 60.7 Å². The van der Waals surface area contributed by atoms with Crippen LogP contribution in [0.15, 0.2) is 60.7 Å². The van der Waals surface area contributed by atoms with Crippen LogP contribution in [-0.4, -0.2) is 45.0 Å². The van der Waals surface area contributed by atoms with E-state index >= 15 is 0 Å². The summed E-state index contributed by atoms with van der Waals surface area (Å²) in [6.45, 7) is 4.80. The van der Waals surface area contributed by atoms with Gasteiger partial charge in [-0.15, -0.1) is 0 Å². The Morgan fingerprint density at radius 2 is 1.22 bits per heavy atom. The van der Waals surface area contributed by atoms with Gasteiger partial charge in [0.15, 0.2) is 0 Å². The van der Waals surface area contributed by atoms with Crippen LogP contribution in [-0.2, 0) is 22.7 Å². The second-order valence-corrected chi connectivity index (χ2v) is 8.52. The molecule has 0 bridgehead atoms. The van der Waals surface area contributed by atoms with E-state index in [0.29, 0.717) is 19.3 Å². The summed E-state index contributed by atoms with van der Waals surface area (Å²) >= 11 is 0. The zero-order valence-electron chi connectivity index (χ0n) is 19.0. The molecule has 0 fully saturated rings. The normalized spacial score (nSPS) is 13.2. The van der Waals surface area contributed by atoms with Crippen LogP contribution in [0, 0.1) is 0 Å². The molecule has 7 heteroatoms. The van der Waals surface area contributed by atoms with Crippen molar-refractivity contribution in [3.05, 3.63) is 71.8 Å². The molecule has 1 atom stereocenters. The quantitative estimate of drug-likeness (QED) is 0.519. The van der Waals surface area contributed by atoms with Crippen molar-refractivity contribution in [3.63, 3.8) is 0 Å². The fraction of sp³-hybridized carbons (Fsp3) is 0.440. The molecule has 0 aliphatic heterocycles. The summed E-state index contributed by atoms with van der Waals surface area (Å²) in [7, 11) is 0. The lowest BCUT2D eigenvalue weighted by molar-refractivity contribution is -0.124. The van der Waals surface area contributed by atoms with Crippen molar-refractivity contribution in [2.45, 2.75) is 64.4 Å². The number of nitrogens with zero attached hydrogens (tertiary/aromatic N) is 1. The molecule has 0 saturated heterocycles. The highest BCUT2D eigenvalue weighted by atomic mass is 16.6. The SMILES string of the molecule is CC(C)(O)C(C)(O)CCCCN(C(=O)OCc1ccccc1)C(=O)OCc1ccccc1. The summed E-state index contributed by atoms with van der Waals surface area (Å²) in [5.41, 5.74) is -0.950. The maximum Gasteiger partial charge on any atom is 0.419 e. The summed E-state index contributed by atoms with van der Waals surface area (Å²) in [6.07, 6.45) is -0.358. The van der Waals surface area contributed by atoms with Crippen LogP contribution in [0.5, 0.6) is 0 Å². The third kappa shape index (κ3) is 7.98. The van der Waals surface area contributed by atoms with Crippen molar-refractivity contribution in [1.82, 2.24) is 4.90 Å². The lowest BCUT2D eigenvalue weighted by atomic mass is 9.83. The van der Waals surface area contributed by atoms with E-state index < -0.39 is 23.4 Å². The van der Waals surface area contributed by atoms with E-state index in [1.807, 2.05) is 60.7 Å². The Kier molecular flexibility index (Phi) is 9.23. The van der Waals surface area contributed by atoms with Crippen molar-refractivity contribution in [2.75, 3.05) is 6.54 Å². The number of carbonyl (C=O) groups excluding carboxylic acids is 2. The molecular formula is C25H33NO6. The molecule has 32 heavy (non-hydrogen) atoms. The fourth-order valence-electron chi connectivity index (χ4n) is 2.90. The summed E-state index contributed by atoms with van der Waals surface area (Å²) in [5.74, 6) is 0. The zero-order chi connectivity index (χ0) is 23.6. The minimum absolute atomic E-state index is 0.0373. The number of hydrogen-bond donors (Lipinski definition) is 2. The van der Waals surface area contributed by atoms with Gasteiger partial charge in [-0.2, -0.15) is 0 Å².